The fourth-order valence-corrected chi connectivity index (χ4v) is 13.9. The standard InChI is InChI=1S/C44H26S4/c1-5-13-27(14-6-1)43(28-15-7-2-8-16-28)33-25-32-34(26-31(33)39-37(43)41-35(47-39)21-23-45-41)44(29-17-9-3-10-18-29,30-19-11-4-12-20-30)38-40(32)48-36-22-24-46-42(36)38/h1-26H. The Labute approximate surface area is 294 Å². The van der Waals surface area contributed by atoms with E-state index in [2.05, 4.69) is 156 Å². The summed E-state index contributed by atoms with van der Waals surface area (Å²) in [4.78, 5) is 2.82. The van der Waals surface area contributed by atoms with E-state index in [9.17, 15) is 0 Å². The molecule has 2 aliphatic rings. The van der Waals surface area contributed by atoms with Crippen molar-refractivity contribution in [2.24, 2.45) is 0 Å². The van der Waals surface area contributed by atoms with Crippen LogP contribution in [0.1, 0.15) is 44.5 Å². The number of hydrogen-bond donors (Lipinski definition) is 0. The van der Waals surface area contributed by atoms with Gasteiger partial charge in [-0.25, -0.2) is 0 Å². The number of thiophene rings is 4. The van der Waals surface area contributed by atoms with Crippen molar-refractivity contribution in [2.75, 3.05) is 0 Å². The minimum Gasteiger partial charge on any atom is -0.143 e. The summed E-state index contributed by atoms with van der Waals surface area (Å²) in [6, 6.07) is 54.9. The van der Waals surface area contributed by atoms with Gasteiger partial charge in [-0.05, 0) is 79.5 Å². The van der Waals surface area contributed by atoms with E-state index in [4.69, 9.17) is 0 Å². The summed E-state index contributed by atoms with van der Waals surface area (Å²) in [6.07, 6.45) is 0. The van der Waals surface area contributed by atoms with Crippen LogP contribution in [0.15, 0.2) is 156 Å². The Hall–Kier alpha value is -4.58. The third-order valence-electron chi connectivity index (χ3n) is 10.6. The average Bonchev–Trinajstić information content (AvgIpc) is 3.99. The Kier molecular flexibility index (Phi) is 5.69. The van der Waals surface area contributed by atoms with E-state index in [-0.39, 0.29) is 0 Å². The molecule has 0 spiro atoms. The van der Waals surface area contributed by atoms with Crippen molar-refractivity contribution in [2.45, 2.75) is 10.8 Å². The predicted octanol–water partition coefficient (Wildman–Crippen LogP) is 13.0. The smallest absolute Gasteiger partial charge is 0.0736 e. The molecule has 48 heavy (non-hydrogen) atoms. The molecule has 0 aliphatic heterocycles. The highest BCUT2D eigenvalue weighted by Crippen LogP contribution is 2.67. The van der Waals surface area contributed by atoms with Gasteiger partial charge in [0.1, 0.15) is 0 Å². The van der Waals surface area contributed by atoms with Crippen molar-refractivity contribution in [1.29, 1.82) is 0 Å². The molecule has 2 aliphatic carbocycles. The van der Waals surface area contributed by atoms with Gasteiger partial charge in [0.15, 0.2) is 0 Å². The highest BCUT2D eigenvalue weighted by Gasteiger charge is 2.54. The summed E-state index contributed by atoms with van der Waals surface area (Å²) in [5.41, 5.74) is 12.9. The van der Waals surface area contributed by atoms with E-state index >= 15 is 0 Å². The monoisotopic (exact) mass is 682 g/mol. The summed E-state index contributed by atoms with van der Waals surface area (Å²) in [5, 5.41) is 4.54. The van der Waals surface area contributed by atoms with Gasteiger partial charge >= 0.3 is 0 Å². The maximum atomic E-state index is 2.61. The van der Waals surface area contributed by atoms with Gasteiger partial charge in [-0.15, -0.1) is 45.3 Å². The molecule has 0 saturated heterocycles. The third kappa shape index (κ3) is 3.29. The number of hydrogen-bond acceptors (Lipinski definition) is 4. The van der Waals surface area contributed by atoms with Crippen LogP contribution in [-0.2, 0) is 10.8 Å². The first-order valence-corrected chi connectivity index (χ1v) is 19.6. The van der Waals surface area contributed by atoms with Crippen molar-refractivity contribution >= 4 is 64.1 Å². The Morgan fingerprint density at radius 3 is 1.04 bits per heavy atom. The van der Waals surface area contributed by atoms with Crippen LogP contribution in [0.2, 0.25) is 0 Å². The van der Waals surface area contributed by atoms with E-state index in [0.29, 0.717) is 0 Å². The lowest BCUT2D eigenvalue weighted by Crippen LogP contribution is -2.29. The average molecular weight is 683 g/mol. The van der Waals surface area contributed by atoms with Crippen molar-refractivity contribution in [3.05, 3.63) is 201 Å². The number of fused-ring (bicyclic) bond motifs is 10. The van der Waals surface area contributed by atoms with Gasteiger partial charge in [0.25, 0.3) is 0 Å². The normalized spacial score (nSPS) is 15.0. The SMILES string of the molecule is c1ccc(C2(c3ccccc3)c3cc4c(cc3-c3sc5ccsc5c32)C(c2ccccc2)(c2ccccc2)c2c-4sc3ccsc23)cc1. The zero-order valence-electron chi connectivity index (χ0n) is 25.6. The minimum atomic E-state index is -0.426. The second kappa shape index (κ2) is 9.97. The van der Waals surface area contributed by atoms with Crippen molar-refractivity contribution in [1.82, 2.24) is 0 Å². The second-order valence-corrected chi connectivity index (χ2v) is 16.7. The van der Waals surface area contributed by atoms with Gasteiger partial charge in [-0.2, -0.15) is 0 Å². The maximum Gasteiger partial charge on any atom is 0.0736 e. The Bertz CT molecular complexity index is 2390. The van der Waals surface area contributed by atoms with Gasteiger partial charge in [-0.3, -0.25) is 0 Å². The zero-order valence-corrected chi connectivity index (χ0v) is 28.9. The molecule has 5 aromatic carbocycles. The molecule has 0 fully saturated rings. The van der Waals surface area contributed by atoms with Gasteiger partial charge in [0.2, 0.25) is 0 Å². The van der Waals surface area contributed by atoms with Crippen LogP contribution in [0.5, 0.6) is 0 Å². The van der Waals surface area contributed by atoms with Crippen LogP contribution in [0.3, 0.4) is 0 Å². The van der Waals surface area contributed by atoms with Gasteiger partial charge in [0, 0.05) is 30.3 Å². The Morgan fingerprint density at radius 2 is 0.708 bits per heavy atom. The minimum absolute atomic E-state index is 0.426. The fraction of sp³-hybridized carbons (Fsp3) is 0.0455. The molecule has 0 saturated carbocycles. The molecule has 226 valence electrons. The van der Waals surface area contributed by atoms with Crippen LogP contribution in [0.4, 0.5) is 0 Å². The molecule has 0 bridgehead atoms. The Balaban J connectivity index is 1.35. The van der Waals surface area contributed by atoms with Gasteiger partial charge in [-0.1, -0.05) is 121 Å². The summed E-state index contributed by atoms with van der Waals surface area (Å²) < 4.78 is 5.58. The van der Waals surface area contributed by atoms with E-state index in [1.165, 1.54) is 84.2 Å². The van der Waals surface area contributed by atoms with E-state index in [0.717, 1.165) is 0 Å². The van der Waals surface area contributed by atoms with E-state index in [1.54, 1.807) is 0 Å². The van der Waals surface area contributed by atoms with Gasteiger partial charge < -0.3 is 0 Å². The molecule has 9 aromatic rings. The first kappa shape index (κ1) is 27.4. The summed E-state index contributed by atoms with van der Waals surface area (Å²) in [6.45, 7) is 0. The van der Waals surface area contributed by atoms with Crippen LogP contribution < -0.4 is 0 Å². The zero-order chi connectivity index (χ0) is 31.5. The highest BCUT2D eigenvalue weighted by atomic mass is 32.1. The second-order valence-electron chi connectivity index (χ2n) is 12.7. The summed E-state index contributed by atoms with van der Waals surface area (Å²) >= 11 is 7.72. The lowest BCUT2D eigenvalue weighted by Gasteiger charge is -2.35. The predicted molar refractivity (Wildman–Crippen MR) is 208 cm³/mol. The molecule has 4 heteroatoms. The molecule has 0 amide bonds. The largest absolute Gasteiger partial charge is 0.143 e. The molecular weight excluding hydrogens is 657 g/mol. The quantitative estimate of drug-likeness (QED) is 0.173. The maximum absolute atomic E-state index is 2.61. The molecule has 11 rings (SSSR count). The third-order valence-corrected chi connectivity index (χ3v) is 15.1. The first-order chi connectivity index (χ1) is 23.8. The molecule has 4 heterocycles. The summed E-state index contributed by atoms with van der Waals surface area (Å²) in [7, 11) is 0. The lowest BCUT2D eigenvalue weighted by atomic mass is 9.66. The molecule has 0 N–H and O–H groups in total. The van der Waals surface area contributed by atoms with Crippen molar-refractivity contribution in [3.8, 4) is 20.9 Å². The van der Waals surface area contributed by atoms with E-state index < -0.39 is 10.8 Å². The Morgan fingerprint density at radius 1 is 0.375 bits per heavy atom. The fourth-order valence-electron chi connectivity index (χ4n) is 8.86. The van der Waals surface area contributed by atoms with Crippen LogP contribution in [0, 0.1) is 0 Å². The summed E-state index contributed by atoms with van der Waals surface area (Å²) in [5.74, 6) is 0. The molecule has 0 nitrogen and oxygen atoms in total. The number of benzene rings is 5. The highest BCUT2D eigenvalue weighted by molar-refractivity contribution is 7.30. The lowest BCUT2D eigenvalue weighted by molar-refractivity contribution is 0.767. The van der Waals surface area contributed by atoms with Crippen LogP contribution in [0.25, 0.3) is 39.7 Å². The van der Waals surface area contributed by atoms with Crippen molar-refractivity contribution < 1.29 is 0 Å². The number of rotatable bonds is 4. The topological polar surface area (TPSA) is 0 Å². The molecule has 4 aromatic heterocycles. The van der Waals surface area contributed by atoms with Crippen LogP contribution in [-0.4, -0.2) is 0 Å². The molecule has 0 radical (unpaired) electrons. The van der Waals surface area contributed by atoms with E-state index in [1.807, 2.05) is 45.3 Å². The molecule has 0 unspecified atom stereocenters. The first-order valence-electron chi connectivity index (χ1n) is 16.2. The van der Waals surface area contributed by atoms with Gasteiger partial charge in [0.05, 0.1) is 20.2 Å². The molecular formula is C44H26S4. The molecule has 0 atom stereocenters. The van der Waals surface area contributed by atoms with Crippen molar-refractivity contribution in [3.63, 3.8) is 0 Å². The van der Waals surface area contributed by atoms with Crippen LogP contribution >= 0.6 is 45.3 Å².